The van der Waals surface area contributed by atoms with Gasteiger partial charge in [-0.15, -0.1) is 0 Å². The normalized spacial score (nSPS) is 38.5. The van der Waals surface area contributed by atoms with Gasteiger partial charge in [-0.2, -0.15) is 0 Å². The number of aliphatic hydroxyl groups excluding tert-OH is 1. The number of carbonyl (C=O) groups is 3. The van der Waals surface area contributed by atoms with E-state index >= 15 is 0 Å². The highest BCUT2D eigenvalue weighted by Crippen LogP contribution is 2.68. The second-order valence-electron chi connectivity index (χ2n) is 18.7. The van der Waals surface area contributed by atoms with Gasteiger partial charge in [0.15, 0.2) is 0 Å². The molecule has 7 heteroatoms. The van der Waals surface area contributed by atoms with Crippen LogP contribution < -0.4 is 0 Å². The summed E-state index contributed by atoms with van der Waals surface area (Å²) in [5, 5.41) is 11.7. The van der Waals surface area contributed by atoms with Crippen molar-refractivity contribution in [2.24, 2.45) is 63.6 Å². The lowest BCUT2D eigenvalue weighted by molar-refractivity contribution is -0.183. The molecule has 5 rings (SSSR count). The molecule has 4 saturated carbocycles. The first-order valence-electron chi connectivity index (χ1n) is 20.1. The molecule has 282 valence electrons. The van der Waals surface area contributed by atoms with E-state index in [1.165, 1.54) is 38.5 Å². The van der Waals surface area contributed by atoms with Crippen LogP contribution in [0.1, 0.15) is 160 Å². The van der Waals surface area contributed by atoms with Crippen LogP contribution in [0.15, 0.2) is 0 Å². The van der Waals surface area contributed by atoms with Gasteiger partial charge in [-0.25, -0.2) is 0 Å². The molecule has 49 heavy (non-hydrogen) atoms. The van der Waals surface area contributed by atoms with Crippen LogP contribution in [-0.2, 0) is 28.6 Å². The molecule has 7 nitrogen and oxygen atoms in total. The zero-order chi connectivity index (χ0) is 36.5. The first kappa shape index (κ1) is 40.1. The lowest BCUT2D eigenvalue weighted by Gasteiger charge is -2.62. The molecule has 8 unspecified atom stereocenters. The third kappa shape index (κ3) is 8.07. The maximum atomic E-state index is 12.4. The van der Waals surface area contributed by atoms with Crippen molar-refractivity contribution < 1.29 is 33.7 Å². The van der Waals surface area contributed by atoms with E-state index in [1.807, 2.05) is 41.5 Å². The Kier molecular flexibility index (Phi) is 12.7. The Bertz CT molecular complexity index is 1160. The Morgan fingerprint density at radius 2 is 1.67 bits per heavy atom. The van der Waals surface area contributed by atoms with Crippen molar-refractivity contribution >= 4 is 17.9 Å². The summed E-state index contributed by atoms with van der Waals surface area (Å²) in [5.74, 6) is 3.69. The number of cyclic esters (lactones) is 1. The zero-order valence-electron chi connectivity index (χ0n) is 33.1. The average Bonchev–Trinajstić information content (AvgIpc) is 3.66. The van der Waals surface area contributed by atoms with Crippen LogP contribution in [0.5, 0.6) is 0 Å². The minimum Gasteiger partial charge on any atom is -0.465 e. The molecule has 4 aliphatic carbocycles. The maximum absolute atomic E-state index is 12.4. The lowest BCUT2D eigenvalue weighted by Crippen LogP contribution is -2.59. The Morgan fingerprint density at radius 3 is 2.27 bits per heavy atom. The Morgan fingerprint density at radius 1 is 0.980 bits per heavy atom. The molecule has 0 spiro atoms. The van der Waals surface area contributed by atoms with Gasteiger partial charge in [0, 0.05) is 5.92 Å². The molecule has 0 aromatic rings. The average molecular weight is 689 g/mol. The van der Waals surface area contributed by atoms with Crippen LogP contribution in [0.25, 0.3) is 0 Å². The van der Waals surface area contributed by atoms with Crippen molar-refractivity contribution in [1.29, 1.82) is 0 Å². The third-order valence-electron chi connectivity index (χ3n) is 15.2. The van der Waals surface area contributed by atoms with E-state index in [9.17, 15) is 19.5 Å². The van der Waals surface area contributed by atoms with Gasteiger partial charge >= 0.3 is 17.9 Å². The summed E-state index contributed by atoms with van der Waals surface area (Å²) < 4.78 is 16.4. The van der Waals surface area contributed by atoms with E-state index in [4.69, 9.17) is 14.2 Å². The summed E-state index contributed by atoms with van der Waals surface area (Å²) in [5.41, 5.74) is -0.726. The quantitative estimate of drug-likeness (QED) is 0.180. The number of hydrogen-bond acceptors (Lipinski definition) is 7. The van der Waals surface area contributed by atoms with Gasteiger partial charge in [-0.1, -0.05) is 61.3 Å². The van der Waals surface area contributed by atoms with Gasteiger partial charge in [0.05, 0.1) is 30.5 Å². The highest BCUT2D eigenvalue weighted by molar-refractivity contribution is 5.76. The molecule has 0 aromatic carbocycles. The highest BCUT2D eigenvalue weighted by atomic mass is 16.6. The fourth-order valence-electron chi connectivity index (χ4n) is 10.9. The van der Waals surface area contributed by atoms with Crippen molar-refractivity contribution in [2.75, 3.05) is 6.61 Å². The molecule has 1 N–H and O–H groups in total. The Labute approximate surface area is 298 Å². The van der Waals surface area contributed by atoms with Gasteiger partial charge in [-0.05, 0) is 138 Å². The van der Waals surface area contributed by atoms with Crippen molar-refractivity contribution in [3.05, 3.63) is 0 Å². The van der Waals surface area contributed by atoms with Crippen LogP contribution in [0.2, 0.25) is 0 Å². The SMILES string of the molecule is CCC(C)(C)C(=O)OC(C)(C)C1COC(=O)C1.CCCC(C)C1CCC2C3CCC4C[C@@H](OC(=O)C(C)CC)CC[C@]4(C)C3C[C@H](O)[C@]12C. The third-order valence-corrected chi connectivity index (χ3v) is 15.2. The Hall–Kier alpha value is -1.63. The number of esters is 3. The maximum Gasteiger partial charge on any atom is 0.312 e. The predicted octanol–water partition coefficient (Wildman–Crippen LogP) is 9.32. The summed E-state index contributed by atoms with van der Waals surface area (Å²) in [6, 6.07) is 0. The lowest BCUT2D eigenvalue weighted by atomic mass is 9.43. The molecular formula is C42H72O7. The number of fused-ring (bicyclic) bond motifs is 5. The van der Waals surface area contributed by atoms with E-state index < -0.39 is 11.0 Å². The smallest absolute Gasteiger partial charge is 0.312 e. The van der Waals surface area contributed by atoms with Gasteiger partial charge in [0.25, 0.3) is 0 Å². The molecule has 5 fully saturated rings. The van der Waals surface area contributed by atoms with Gasteiger partial charge in [0.1, 0.15) is 11.7 Å². The second kappa shape index (κ2) is 15.5. The summed E-state index contributed by atoms with van der Waals surface area (Å²) in [7, 11) is 0. The minimum absolute atomic E-state index is 0.00293. The number of hydrogen-bond donors (Lipinski definition) is 1. The molecule has 1 heterocycles. The first-order valence-corrected chi connectivity index (χ1v) is 20.1. The molecule has 0 bridgehead atoms. The number of ether oxygens (including phenoxy) is 3. The fourth-order valence-corrected chi connectivity index (χ4v) is 10.9. The topological polar surface area (TPSA) is 99.1 Å². The van der Waals surface area contributed by atoms with Crippen molar-refractivity contribution in [3.63, 3.8) is 0 Å². The van der Waals surface area contributed by atoms with Crippen molar-refractivity contribution in [3.8, 4) is 0 Å². The van der Waals surface area contributed by atoms with Crippen LogP contribution in [0.4, 0.5) is 0 Å². The molecule has 12 atom stereocenters. The van der Waals surface area contributed by atoms with Crippen molar-refractivity contribution in [2.45, 2.75) is 177 Å². The predicted molar refractivity (Wildman–Crippen MR) is 193 cm³/mol. The second-order valence-corrected chi connectivity index (χ2v) is 18.7. The monoisotopic (exact) mass is 689 g/mol. The Balaban J connectivity index is 0.000000269. The fraction of sp³-hybridized carbons (Fsp3) is 0.929. The first-order chi connectivity index (χ1) is 22.8. The largest absolute Gasteiger partial charge is 0.465 e. The van der Waals surface area contributed by atoms with E-state index in [0.29, 0.717) is 42.1 Å². The summed E-state index contributed by atoms with van der Waals surface area (Å²) in [4.78, 5) is 35.5. The van der Waals surface area contributed by atoms with E-state index in [-0.39, 0.29) is 47.4 Å². The number of carbonyl (C=O) groups excluding carboxylic acids is 3. The van der Waals surface area contributed by atoms with E-state index in [0.717, 1.165) is 50.4 Å². The van der Waals surface area contributed by atoms with Crippen LogP contribution in [-0.4, -0.2) is 47.4 Å². The van der Waals surface area contributed by atoms with Crippen LogP contribution in [0, 0.1) is 63.6 Å². The van der Waals surface area contributed by atoms with Gasteiger partial charge < -0.3 is 19.3 Å². The molecular weight excluding hydrogens is 616 g/mol. The molecule has 1 aliphatic heterocycles. The molecule has 0 amide bonds. The molecule has 0 radical (unpaired) electrons. The van der Waals surface area contributed by atoms with Crippen LogP contribution >= 0.6 is 0 Å². The molecule has 1 saturated heterocycles. The summed E-state index contributed by atoms with van der Waals surface area (Å²) in [6.07, 6.45) is 13.8. The standard InChI is InChI=1S/C29H50O3.C13H22O4/c1-7-9-19(4)23-12-13-24-22-11-10-20-16-21(32-27(31)18(3)8-2)14-15-28(20,5)25(22)17-26(30)29(23,24)6;1-6-12(2,3)11(15)17-13(4,5)9-7-10(14)16-8-9/h18-26,30H,7-17H2,1-6H3;9H,6-8H2,1-5H3/t18?,19?,20?,21-,22?,23?,24?,25?,26-,28-,29+;/m0./s1. The highest BCUT2D eigenvalue weighted by Gasteiger charge is 2.63. The number of rotatable bonds is 10. The zero-order valence-corrected chi connectivity index (χ0v) is 33.1. The van der Waals surface area contributed by atoms with E-state index in [2.05, 4.69) is 34.6 Å². The summed E-state index contributed by atoms with van der Waals surface area (Å²) >= 11 is 0. The number of aliphatic hydroxyl groups is 1. The van der Waals surface area contributed by atoms with Gasteiger partial charge in [0.2, 0.25) is 0 Å². The summed E-state index contributed by atoms with van der Waals surface area (Å²) in [6.45, 7) is 23.5. The van der Waals surface area contributed by atoms with E-state index in [1.54, 1.807) is 0 Å². The molecule has 5 aliphatic rings. The molecule has 0 aromatic heterocycles. The van der Waals surface area contributed by atoms with Gasteiger partial charge in [-0.3, -0.25) is 14.4 Å². The minimum atomic E-state index is -0.657. The van der Waals surface area contributed by atoms with Crippen LogP contribution in [0.3, 0.4) is 0 Å². The van der Waals surface area contributed by atoms with Crippen molar-refractivity contribution in [1.82, 2.24) is 0 Å².